The van der Waals surface area contributed by atoms with Crippen LogP contribution in [0, 0.1) is 11.3 Å². The molecule has 0 spiro atoms. The first-order valence-corrected chi connectivity index (χ1v) is 7.91. The fourth-order valence-corrected chi connectivity index (χ4v) is 2.65. The molecule has 22 heavy (non-hydrogen) atoms. The highest BCUT2D eigenvalue weighted by Gasteiger charge is 2.28. The van der Waals surface area contributed by atoms with E-state index in [9.17, 15) is 14.4 Å². The molecule has 3 N–H and O–H groups in total. The summed E-state index contributed by atoms with van der Waals surface area (Å²) in [5, 5.41) is 14.6. The number of rotatable bonds is 5. The Morgan fingerprint density at radius 2 is 1.68 bits per heavy atom. The van der Waals surface area contributed by atoms with Crippen molar-refractivity contribution in [1.29, 1.82) is 0 Å². The van der Waals surface area contributed by atoms with Gasteiger partial charge >= 0.3 is 5.97 Å². The van der Waals surface area contributed by atoms with Gasteiger partial charge in [0.15, 0.2) is 0 Å². The molecule has 0 saturated heterocycles. The van der Waals surface area contributed by atoms with Crippen molar-refractivity contribution in [3.63, 3.8) is 0 Å². The number of amides is 2. The minimum absolute atomic E-state index is 0.00469. The molecule has 0 aromatic heterocycles. The van der Waals surface area contributed by atoms with E-state index < -0.39 is 12.0 Å². The van der Waals surface area contributed by atoms with Crippen LogP contribution in [0.25, 0.3) is 0 Å². The average Bonchev–Trinajstić information content (AvgIpc) is 2.36. The van der Waals surface area contributed by atoms with E-state index >= 15 is 0 Å². The molecule has 1 unspecified atom stereocenters. The third-order valence-corrected chi connectivity index (χ3v) is 3.88. The highest BCUT2D eigenvalue weighted by molar-refractivity contribution is 5.87. The SMILES string of the molecule is CC(NC(=O)CC(C)(C)C)C(=O)NC1CCC(C(=O)O)CC1. The van der Waals surface area contributed by atoms with Gasteiger partial charge in [0.05, 0.1) is 5.92 Å². The van der Waals surface area contributed by atoms with Crippen LogP contribution in [-0.4, -0.2) is 35.0 Å². The lowest BCUT2D eigenvalue weighted by Gasteiger charge is -2.28. The molecule has 0 aliphatic heterocycles. The van der Waals surface area contributed by atoms with Crippen molar-refractivity contribution in [2.75, 3.05) is 0 Å². The lowest BCUT2D eigenvalue weighted by Crippen LogP contribution is -2.49. The number of carboxylic acid groups (broad SMARTS) is 1. The zero-order valence-electron chi connectivity index (χ0n) is 13.9. The average molecular weight is 312 g/mol. The van der Waals surface area contributed by atoms with Crippen molar-refractivity contribution < 1.29 is 19.5 Å². The molecule has 6 nitrogen and oxygen atoms in total. The second kappa shape index (κ2) is 7.61. The minimum atomic E-state index is -0.757. The van der Waals surface area contributed by atoms with E-state index in [0.29, 0.717) is 32.1 Å². The number of carboxylic acids is 1. The van der Waals surface area contributed by atoms with Crippen molar-refractivity contribution >= 4 is 17.8 Å². The van der Waals surface area contributed by atoms with Gasteiger partial charge in [-0.1, -0.05) is 20.8 Å². The van der Waals surface area contributed by atoms with E-state index in [2.05, 4.69) is 10.6 Å². The molecule has 1 aliphatic rings. The minimum Gasteiger partial charge on any atom is -0.481 e. The van der Waals surface area contributed by atoms with E-state index in [4.69, 9.17) is 5.11 Å². The third kappa shape index (κ3) is 6.45. The van der Waals surface area contributed by atoms with Crippen LogP contribution in [0.1, 0.15) is 59.8 Å². The predicted octanol–water partition coefficient (Wildman–Crippen LogP) is 1.69. The van der Waals surface area contributed by atoms with Crippen LogP contribution in [-0.2, 0) is 14.4 Å². The first kappa shape index (κ1) is 18.5. The van der Waals surface area contributed by atoms with Crippen molar-refractivity contribution in [1.82, 2.24) is 10.6 Å². The standard InChI is InChI=1S/C16H28N2O4/c1-10(17-13(19)9-16(2,3)4)14(20)18-12-7-5-11(6-8-12)15(21)22/h10-12H,5-9H2,1-4H3,(H,17,19)(H,18,20)(H,21,22). The molecule has 0 bridgehead atoms. The molecule has 0 radical (unpaired) electrons. The molecule has 0 heterocycles. The van der Waals surface area contributed by atoms with Crippen molar-refractivity contribution in [3.8, 4) is 0 Å². The van der Waals surface area contributed by atoms with Crippen LogP contribution in [0.5, 0.6) is 0 Å². The molecular weight excluding hydrogens is 284 g/mol. The summed E-state index contributed by atoms with van der Waals surface area (Å²) in [6.07, 6.45) is 2.89. The Morgan fingerprint density at radius 1 is 1.14 bits per heavy atom. The van der Waals surface area contributed by atoms with Crippen molar-refractivity contribution in [2.24, 2.45) is 11.3 Å². The predicted molar refractivity (Wildman–Crippen MR) is 83.2 cm³/mol. The second-order valence-electron chi connectivity index (χ2n) is 7.42. The topological polar surface area (TPSA) is 95.5 Å². The summed E-state index contributed by atoms with van der Waals surface area (Å²) in [4.78, 5) is 34.8. The lowest BCUT2D eigenvalue weighted by molar-refractivity contribution is -0.143. The third-order valence-electron chi connectivity index (χ3n) is 3.88. The monoisotopic (exact) mass is 312 g/mol. The number of nitrogens with one attached hydrogen (secondary N) is 2. The number of hydrogen-bond acceptors (Lipinski definition) is 3. The fourth-order valence-electron chi connectivity index (χ4n) is 2.65. The van der Waals surface area contributed by atoms with Gasteiger partial charge in [-0.05, 0) is 38.0 Å². The fraction of sp³-hybridized carbons (Fsp3) is 0.812. The summed E-state index contributed by atoms with van der Waals surface area (Å²) in [5.74, 6) is -1.39. The van der Waals surface area contributed by atoms with Crippen LogP contribution in [0.15, 0.2) is 0 Å². The highest BCUT2D eigenvalue weighted by atomic mass is 16.4. The number of carbonyl (C=O) groups excluding carboxylic acids is 2. The van der Waals surface area contributed by atoms with E-state index in [1.165, 1.54) is 0 Å². The Hall–Kier alpha value is -1.59. The van der Waals surface area contributed by atoms with E-state index in [0.717, 1.165) is 0 Å². The number of hydrogen-bond donors (Lipinski definition) is 3. The van der Waals surface area contributed by atoms with Crippen LogP contribution in [0.2, 0.25) is 0 Å². The Bertz CT molecular complexity index is 420. The zero-order valence-corrected chi connectivity index (χ0v) is 13.9. The summed E-state index contributed by atoms with van der Waals surface area (Å²) in [5.41, 5.74) is -0.116. The van der Waals surface area contributed by atoms with Gasteiger partial charge in [0, 0.05) is 12.5 Å². The first-order chi connectivity index (χ1) is 10.1. The quantitative estimate of drug-likeness (QED) is 0.720. The summed E-state index contributed by atoms with van der Waals surface area (Å²) in [7, 11) is 0. The maximum atomic E-state index is 12.1. The molecule has 1 aliphatic carbocycles. The van der Waals surface area contributed by atoms with Crippen LogP contribution < -0.4 is 10.6 Å². The second-order valence-corrected chi connectivity index (χ2v) is 7.42. The number of carbonyl (C=O) groups is 3. The smallest absolute Gasteiger partial charge is 0.306 e. The van der Waals surface area contributed by atoms with Gasteiger partial charge in [0.25, 0.3) is 0 Å². The van der Waals surface area contributed by atoms with Gasteiger partial charge in [-0.2, -0.15) is 0 Å². The lowest BCUT2D eigenvalue weighted by atomic mass is 9.86. The Labute approximate surface area is 132 Å². The zero-order chi connectivity index (χ0) is 16.9. The van der Waals surface area contributed by atoms with Crippen molar-refractivity contribution in [2.45, 2.75) is 71.9 Å². The Kier molecular flexibility index (Phi) is 6.38. The molecule has 0 aromatic carbocycles. The van der Waals surface area contributed by atoms with Crippen molar-refractivity contribution in [3.05, 3.63) is 0 Å². The molecular formula is C16H28N2O4. The van der Waals surface area contributed by atoms with Crippen LogP contribution >= 0.6 is 0 Å². The molecule has 0 aromatic rings. The van der Waals surface area contributed by atoms with E-state index in [1.807, 2.05) is 20.8 Å². The van der Waals surface area contributed by atoms with Crippen LogP contribution in [0.4, 0.5) is 0 Å². The van der Waals surface area contributed by atoms with Gasteiger partial charge in [0.2, 0.25) is 11.8 Å². The maximum absolute atomic E-state index is 12.1. The van der Waals surface area contributed by atoms with Gasteiger partial charge < -0.3 is 15.7 Å². The normalized spacial score (nSPS) is 23.5. The Morgan fingerprint density at radius 3 is 2.14 bits per heavy atom. The summed E-state index contributed by atoms with van der Waals surface area (Å²) >= 11 is 0. The first-order valence-electron chi connectivity index (χ1n) is 7.91. The van der Waals surface area contributed by atoms with E-state index in [-0.39, 0.29) is 29.2 Å². The van der Waals surface area contributed by atoms with E-state index in [1.54, 1.807) is 6.92 Å². The highest BCUT2D eigenvalue weighted by Crippen LogP contribution is 2.24. The Balaban J connectivity index is 2.36. The molecule has 2 amide bonds. The molecule has 1 rings (SSSR count). The summed E-state index contributed by atoms with van der Waals surface area (Å²) in [6, 6.07) is -0.572. The summed E-state index contributed by atoms with van der Waals surface area (Å²) in [6.45, 7) is 7.58. The van der Waals surface area contributed by atoms with Gasteiger partial charge in [-0.25, -0.2) is 0 Å². The van der Waals surface area contributed by atoms with Gasteiger partial charge in [-0.15, -0.1) is 0 Å². The maximum Gasteiger partial charge on any atom is 0.306 e. The van der Waals surface area contributed by atoms with Gasteiger partial charge in [-0.3, -0.25) is 14.4 Å². The molecule has 126 valence electrons. The largest absolute Gasteiger partial charge is 0.481 e. The van der Waals surface area contributed by atoms with Crippen LogP contribution in [0.3, 0.4) is 0 Å². The molecule has 1 saturated carbocycles. The summed E-state index contributed by atoms with van der Waals surface area (Å²) < 4.78 is 0. The number of aliphatic carboxylic acids is 1. The molecule has 1 atom stereocenters. The molecule has 6 heteroatoms. The molecule has 1 fully saturated rings. The van der Waals surface area contributed by atoms with Gasteiger partial charge in [0.1, 0.15) is 6.04 Å².